The lowest BCUT2D eigenvalue weighted by atomic mass is 10.1. The van der Waals surface area contributed by atoms with Crippen molar-refractivity contribution in [1.82, 2.24) is 0 Å². The van der Waals surface area contributed by atoms with Crippen LogP contribution in [0.4, 0.5) is 0 Å². The highest BCUT2D eigenvalue weighted by Crippen LogP contribution is 2.16. The van der Waals surface area contributed by atoms with Crippen LogP contribution in [0.2, 0.25) is 0 Å². The van der Waals surface area contributed by atoms with Crippen LogP contribution in [0.5, 0.6) is 5.75 Å². The summed E-state index contributed by atoms with van der Waals surface area (Å²) < 4.78 is 38.0. The Balaban J connectivity index is 2.01. The highest BCUT2D eigenvalue weighted by Gasteiger charge is 2.01. The molecule has 5 heteroatoms. The molecule has 0 bridgehead atoms. The van der Waals surface area contributed by atoms with Gasteiger partial charge in [-0.3, -0.25) is 0 Å². The molecule has 0 aliphatic heterocycles. The molecule has 1 rings (SSSR count). The Morgan fingerprint density at radius 2 is 1.30 bits per heavy atom. The minimum absolute atomic E-state index is 0.219. The third-order valence-electron chi connectivity index (χ3n) is 3.88. The molecule has 1 aromatic rings. The van der Waals surface area contributed by atoms with Gasteiger partial charge in [0.05, 0.1) is 11.5 Å². The molecule has 0 N–H and O–H groups in total. The standard InChI is InChI=1S/C18H30O4S/c1-2-3-4-5-6-7-8-9-10-11-16-22-17-12-14-18(15-13-17)23(19,20)21/h12-15H,2-11,16H2,1H3,(H,19,20,21)/p-1. The van der Waals surface area contributed by atoms with E-state index in [1.54, 1.807) is 0 Å². The lowest BCUT2D eigenvalue weighted by molar-refractivity contribution is 0.304. The quantitative estimate of drug-likeness (QED) is 0.378. The van der Waals surface area contributed by atoms with Gasteiger partial charge in [-0.15, -0.1) is 0 Å². The van der Waals surface area contributed by atoms with Crippen LogP contribution in [0, 0.1) is 0 Å². The fraction of sp³-hybridized carbons (Fsp3) is 0.667. The van der Waals surface area contributed by atoms with Gasteiger partial charge in [0.25, 0.3) is 0 Å². The van der Waals surface area contributed by atoms with E-state index in [4.69, 9.17) is 4.74 Å². The molecule has 0 atom stereocenters. The molecule has 0 aliphatic carbocycles. The van der Waals surface area contributed by atoms with Crippen molar-refractivity contribution in [2.24, 2.45) is 0 Å². The SMILES string of the molecule is CCCCCCCCCCCCOc1ccc(S(=O)(=O)[O-])cc1. The summed E-state index contributed by atoms with van der Waals surface area (Å²) in [6, 6.07) is 5.63. The minimum atomic E-state index is -4.37. The summed E-state index contributed by atoms with van der Waals surface area (Å²) in [4.78, 5) is -0.219. The molecule has 1 aromatic carbocycles. The zero-order chi connectivity index (χ0) is 17.0. The van der Waals surface area contributed by atoms with Gasteiger partial charge in [-0.05, 0) is 30.7 Å². The van der Waals surface area contributed by atoms with Crippen LogP contribution in [0.3, 0.4) is 0 Å². The first kappa shape index (κ1) is 20.0. The van der Waals surface area contributed by atoms with Crippen molar-refractivity contribution >= 4 is 10.1 Å². The molecule has 132 valence electrons. The summed E-state index contributed by atoms with van der Waals surface area (Å²) in [6.45, 7) is 2.86. The molecule has 0 fully saturated rings. The smallest absolute Gasteiger partial charge is 0.124 e. The first-order valence-electron chi connectivity index (χ1n) is 8.73. The first-order chi connectivity index (χ1) is 11.0. The number of ether oxygens (including phenoxy) is 1. The number of rotatable bonds is 13. The molecule has 0 aliphatic rings. The largest absolute Gasteiger partial charge is 0.744 e. The van der Waals surface area contributed by atoms with Crippen molar-refractivity contribution in [2.45, 2.75) is 76.0 Å². The van der Waals surface area contributed by atoms with Gasteiger partial charge >= 0.3 is 0 Å². The van der Waals surface area contributed by atoms with Crippen LogP contribution in [-0.2, 0) is 10.1 Å². The van der Waals surface area contributed by atoms with E-state index in [0.717, 1.165) is 12.8 Å². The minimum Gasteiger partial charge on any atom is -0.744 e. The molecule has 0 radical (unpaired) electrons. The molecule has 0 saturated carbocycles. The highest BCUT2D eigenvalue weighted by molar-refractivity contribution is 7.85. The van der Waals surface area contributed by atoms with Gasteiger partial charge in [0, 0.05) is 0 Å². The molecule has 0 spiro atoms. The predicted molar refractivity (Wildman–Crippen MR) is 91.7 cm³/mol. The Morgan fingerprint density at radius 3 is 1.78 bits per heavy atom. The third kappa shape index (κ3) is 9.61. The van der Waals surface area contributed by atoms with E-state index < -0.39 is 10.1 Å². The summed E-state index contributed by atoms with van der Waals surface area (Å²) in [6.07, 6.45) is 12.8. The van der Waals surface area contributed by atoms with Gasteiger partial charge in [0.1, 0.15) is 15.9 Å². The fourth-order valence-corrected chi connectivity index (χ4v) is 2.95. The third-order valence-corrected chi connectivity index (χ3v) is 4.73. The summed E-state index contributed by atoms with van der Waals surface area (Å²) in [5.74, 6) is 0.605. The average molecular weight is 341 g/mol. The maximum atomic E-state index is 10.8. The summed E-state index contributed by atoms with van der Waals surface area (Å²) in [5, 5.41) is 0. The van der Waals surface area contributed by atoms with Crippen LogP contribution in [0.15, 0.2) is 29.2 Å². The van der Waals surface area contributed by atoms with E-state index in [-0.39, 0.29) is 4.90 Å². The molecule has 4 nitrogen and oxygen atoms in total. The lowest BCUT2D eigenvalue weighted by Gasteiger charge is -2.09. The van der Waals surface area contributed by atoms with Crippen LogP contribution in [-0.4, -0.2) is 19.6 Å². The lowest BCUT2D eigenvalue weighted by Crippen LogP contribution is -2.00. The fourth-order valence-electron chi connectivity index (χ4n) is 2.48. The van der Waals surface area contributed by atoms with E-state index >= 15 is 0 Å². The topological polar surface area (TPSA) is 66.4 Å². The summed E-state index contributed by atoms with van der Waals surface area (Å²) in [7, 11) is -4.37. The zero-order valence-electron chi connectivity index (χ0n) is 14.1. The Morgan fingerprint density at radius 1 is 0.826 bits per heavy atom. The number of hydrogen-bond acceptors (Lipinski definition) is 4. The maximum Gasteiger partial charge on any atom is 0.124 e. The van der Waals surface area contributed by atoms with Gasteiger partial charge in [-0.25, -0.2) is 8.42 Å². The van der Waals surface area contributed by atoms with Crippen molar-refractivity contribution < 1.29 is 17.7 Å². The highest BCUT2D eigenvalue weighted by atomic mass is 32.2. The average Bonchev–Trinajstić information content (AvgIpc) is 2.52. The zero-order valence-corrected chi connectivity index (χ0v) is 14.9. The molecule has 0 saturated heterocycles. The molecular weight excluding hydrogens is 312 g/mol. The van der Waals surface area contributed by atoms with E-state index in [2.05, 4.69) is 6.92 Å². The molecule has 0 unspecified atom stereocenters. The van der Waals surface area contributed by atoms with Crippen molar-refractivity contribution in [3.63, 3.8) is 0 Å². The van der Waals surface area contributed by atoms with Gasteiger partial charge in [-0.1, -0.05) is 64.7 Å². The van der Waals surface area contributed by atoms with Crippen molar-refractivity contribution in [1.29, 1.82) is 0 Å². The normalized spacial score (nSPS) is 11.6. The van der Waals surface area contributed by atoms with Crippen LogP contribution >= 0.6 is 0 Å². The van der Waals surface area contributed by atoms with Gasteiger partial charge < -0.3 is 9.29 Å². The molecule has 0 heterocycles. The maximum absolute atomic E-state index is 10.8. The molecule has 23 heavy (non-hydrogen) atoms. The predicted octanol–water partition coefficient (Wildman–Crippen LogP) is 4.89. The van der Waals surface area contributed by atoms with Crippen molar-refractivity contribution in [2.75, 3.05) is 6.61 Å². The summed E-state index contributed by atoms with van der Waals surface area (Å²) >= 11 is 0. The number of benzene rings is 1. The van der Waals surface area contributed by atoms with Crippen LogP contribution in [0.1, 0.15) is 71.1 Å². The van der Waals surface area contributed by atoms with E-state index in [9.17, 15) is 13.0 Å². The van der Waals surface area contributed by atoms with E-state index in [1.807, 2.05) is 0 Å². The Hall–Kier alpha value is -1.07. The Labute approximate surface area is 141 Å². The number of unbranched alkanes of at least 4 members (excludes halogenated alkanes) is 9. The van der Waals surface area contributed by atoms with E-state index in [1.165, 1.54) is 75.6 Å². The first-order valence-corrected chi connectivity index (χ1v) is 10.1. The van der Waals surface area contributed by atoms with Crippen LogP contribution in [0.25, 0.3) is 0 Å². The van der Waals surface area contributed by atoms with Crippen molar-refractivity contribution in [3.05, 3.63) is 24.3 Å². The second-order valence-electron chi connectivity index (χ2n) is 5.96. The summed E-state index contributed by atoms with van der Waals surface area (Å²) in [5.41, 5.74) is 0. The Kier molecular flexibility index (Phi) is 9.96. The molecule has 0 aromatic heterocycles. The second kappa shape index (κ2) is 11.5. The van der Waals surface area contributed by atoms with Gasteiger partial charge in [0.2, 0.25) is 0 Å². The monoisotopic (exact) mass is 341 g/mol. The van der Waals surface area contributed by atoms with Crippen molar-refractivity contribution in [3.8, 4) is 5.75 Å². The molecular formula is C18H29O4S-. The second-order valence-corrected chi connectivity index (χ2v) is 7.34. The van der Waals surface area contributed by atoms with E-state index in [0.29, 0.717) is 12.4 Å². The van der Waals surface area contributed by atoms with Gasteiger partial charge in [0.15, 0.2) is 0 Å². The Bertz CT molecular complexity index is 508. The molecule has 0 amide bonds. The number of hydrogen-bond donors (Lipinski definition) is 0. The van der Waals surface area contributed by atoms with Crippen LogP contribution < -0.4 is 4.74 Å². The van der Waals surface area contributed by atoms with Gasteiger partial charge in [-0.2, -0.15) is 0 Å².